The zero-order valence-corrected chi connectivity index (χ0v) is 13.0. The summed E-state index contributed by atoms with van der Waals surface area (Å²) in [7, 11) is 1.84. The number of halogens is 1. The van der Waals surface area contributed by atoms with E-state index in [1.807, 2.05) is 41.9 Å². The maximum atomic E-state index is 13.2. The smallest absolute Gasteiger partial charge is 0.286 e. The van der Waals surface area contributed by atoms with Gasteiger partial charge in [-0.05, 0) is 29.5 Å². The number of nitro benzene ring substituents is 1. The van der Waals surface area contributed by atoms with Gasteiger partial charge < -0.3 is 4.57 Å². The average molecular weight is 329 g/mol. The molecule has 3 aromatic rings. The molecule has 0 saturated carbocycles. The maximum absolute atomic E-state index is 13.2. The van der Waals surface area contributed by atoms with Crippen molar-refractivity contribution in [3.8, 4) is 11.3 Å². The van der Waals surface area contributed by atoms with Crippen LogP contribution in [0.25, 0.3) is 11.3 Å². The molecular weight excluding hydrogens is 317 g/mol. The molecule has 0 N–H and O–H groups in total. The Morgan fingerprint density at radius 3 is 2.65 bits per heavy atom. The molecule has 0 unspecified atom stereocenters. The molecule has 0 atom stereocenters. The first kappa shape index (κ1) is 15.2. The number of hydrogen-bond acceptors (Lipinski definition) is 4. The Morgan fingerprint density at radius 2 is 1.96 bits per heavy atom. The molecular formula is C16H12FN3O2S. The van der Waals surface area contributed by atoms with Gasteiger partial charge in [0, 0.05) is 7.05 Å². The molecule has 23 heavy (non-hydrogen) atoms. The van der Waals surface area contributed by atoms with Crippen molar-refractivity contribution in [2.75, 3.05) is 0 Å². The van der Waals surface area contributed by atoms with Crippen molar-refractivity contribution in [2.45, 2.75) is 10.1 Å². The number of imidazole rings is 1. The average Bonchev–Trinajstić information content (AvgIpc) is 2.91. The van der Waals surface area contributed by atoms with Gasteiger partial charge in [-0.15, -0.1) is 0 Å². The van der Waals surface area contributed by atoms with E-state index in [1.54, 1.807) is 6.20 Å². The van der Waals surface area contributed by atoms with E-state index in [9.17, 15) is 14.5 Å². The molecule has 0 aliphatic rings. The first-order valence-corrected chi connectivity index (χ1v) is 7.57. The van der Waals surface area contributed by atoms with Crippen LogP contribution < -0.4 is 0 Å². The van der Waals surface area contributed by atoms with E-state index < -0.39 is 10.7 Å². The fourth-order valence-electron chi connectivity index (χ4n) is 2.18. The number of aromatic nitrogens is 2. The lowest BCUT2D eigenvalue weighted by Crippen LogP contribution is -1.96. The van der Waals surface area contributed by atoms with Gasteiger partial charge in [-0.2, -0.15) is 0 Å². The SMILES string of the molecule is Cn1c(-c2ccccc2)cnc1Sc1ccc(F)cc1[N+](=O)[O-]. The molecule has 116 valence electrons. The minimum Gasteiger partial charge on any atom is -0.322 e. The highest BCUT2D eigenvalue weighted by molar-refractivity contribution is 7.99. The second-order valence-electron chi connectivity index (χ2n) is 4.82. The zero-order chi connectivity index (χ0) is 16.4. The van der Waals surface area contributed by atoms with Gasteiger partial charge in [0.25, 0.3) is 5.69 Å². The van der Waals surface area contributed by atoms with Gasteiger partial charge in [-0.3, -0.25) is 10.1 Å². The lowest BCUT2D eigenvalue weighted by molar-refractivity contribution is -0.387. The minimum absolute atomic E-state index is 0.265. The van der Waals surface area contributed by atoms with Crippen molar-refractivity contribution in [1.29, 1.82) is 0 Å². The maximum Gasteiger partial charge on any atom is 0.286 e. The Kier molecular flexibility index (Phi) is 4.12. The Labute approximate surface area is 135 Å². The lowest BCUT2D eigenvalue weighted by atomic mass is 10.2. The molecule has 0 fully saturated rings. The van der Waals surface area contributed by atoms with Crippen LogP contribution in [-0.4, -0.2) is 14.5 Å². The summed E-state index contributed by atoms with van der Waals surface area (Å²) in [5.41, 5.74) is 1.64. The Bertz CT molecular complexity index is 865. The van der Waals surface area contributed by atoms with Crippen molar-refractivity contribution in [3.63, 3.8) is 0 Å². The molecule has 3 rings (SSSR count). The third-order valence-corrected chi connectivity index (χ3v) is 4.46. The summed E-state index contributed by atoms with van der Waals surface area (Å²) in [5, 5.41) is 11.7. The molecule has 2 aromatic carbocycles. The normalized spacial score (nSPS) is 10.7. The molecule has 1 heterocycles. The summed E-state index contributed by atoms with van der Waals surface area (Å²) >= 11 is 1.14. The van der Waals surface area contributed by atoms with E-state index >= 15 is 0 Å². The van der Waals surface area contributed by atoms with Gasteiger partial charge >= 0.3 is 0 Å². The van der Waals surface area contributed by atoms with Crippen LogP contribution in [0.15, 0.2) is 64.8 Å². The predicted molar refractivity (Wildman–Crippen MR) is 85.8 cm³/mol. The number of nitrogens with zero attached hydrogens (tertiary/aromatic N) is 3. The van der Waals surface area contributed by atoms with E-state index in [4.69, 9.17) is 0 Å². The monoisotopic (exact) mass is 329 g/mol. The van der Waals surface area contributed by atoms with E-state index in [2.05, 4.69) is 4.98 Å². The van der Waals surface area contributed by atoms with Gasteiger partial charge in [-0.1, -0.05) is 30.3 Å². The highest BCUT2D eigenvalue weighted by Crippen LogP contribution is 2.35. The zero-order valence-electron chi connectivity index (χ0n) is 12.1. The Hall–Kier alpha value is -2.67. The van der Waals surface area contributed by atoms with Crippen molar-refractivity contribution < 1.29 is 9.31 Å². The van der Waals surface area contributed by atoms with Crippen LogP contribution in [-0.2, 0) is 7.05 Å². The number of hydrogen-bond donors (Lipinski definition) is 0. The van der Waals surface area contributed by atoms with Crippen LogP contribution in [0.3, 0.4) is 0 Å². The van der Waals surface area contributed by atoms with E-state index in [1.165, 1.54) is 12.1 Å². The number of nitro groups is 1. The Balaban J connectivity index is 1.96. The largest absolute Gasteiger partial charge is 0.322 e. The lowest BCUT2D eigenvalue weighted by Gasteiger charge is -2.06. The summed E-state index contributed by atoms with van der Waals surface area (Å²) in [6.45, 7) is 0. The molecule has 0 aliphatic heterocycles. The van der Waals surface area contributed by atoms with Crippen LogP contribution in [0.4, 0.5) is 10.1 Å². The molecule has 0 bridgehead atoms. The van der Waals surface area contributed by atoms with Crippen molar-refractivity contribution in [3.05, 3.63) is 70.7 Å². The third-order valence-electron chi connectivity index (χ3n) is 3.33. The quantitative estimate of drug-likeness (QED) is 0.529. The molecule has 1 aromatic heterocycles. The summed E-state index contributed by atoms with van der Waals surface area (Å²) < 4.78 is 15.1. The third kappa shape index (κ3) is 3.09. The van der Waals surface area contributed by atoms with Crippen LogP contribution in [0.2, 0.25) is 0 Å². The molecule has 0 spiro atoms. The van der Waals surface area contributed by atoms with Crippen molar-refractivity contribution in [1.82, 2.24) is 9.55 Å². The van der Waals surface area contributed by atoms with Crippen LogP contribution in [0.1, 0.15) is 0 Å². The van der Waals surface area contributed by atoms with Gasteiger partial charge in [0.2, 0.25) is 0 Å². The van der Waals surface area contributed by atoms with E-state index in [0.29, 0.717) is 10.1 Å². The minimum atomic E-state index is -0.633. The topological polar surface area (TPSA) is 61.0 Å². The molecule has 7 heteroatoms. The second-order valence-corrected chi connectivity index (χ2v) is 5.83. The van der Waals surface area contributed by atoms with Gasteiger partial charge in [0.15, 0.2) is 5.16 Å². The van der Waals surface area contributed by atoms with Crippen LogP contribution in [0.5, 0.6) is 0 Å². The van der Waals surface area contributed by atoms with E-state index in [-0.39, 0.29) is 5.69 Å². The predicted octanol–water partition coefficient (Wildman–Crippen LogP) is 4.29. The number of rotatable bonds is 4. The molecule has 0 radical (unpaired) electrons. The Morgan fingerprint density at radius 1 is 1.22 bits per heavy atom. The summed E-state index contributed by atoms with van der Waals surface area (Å²) in [5.74, 6) is -0.633. The standard InChI is InChI=1S/C16H12FN3O2S/c1-19-14(11-5-3-2-4-6-11)10-18-16(19)23-15-8-7-12(17)9-13(15)20(21)22/h2-10H,1H3. The fraction of sp³-hybridized carbons (Fsp3) is 0.0625. The van der Waals surface area contributed by atoms with Gasteiger partial charge in [0.1, 0.15) is 5.82 Å². The highest BCUT2D eigenvalue weighted by atomic mass is 32.2. The molecule has 5 nitrogen and oxygen atoms in total. The van der Waals surface area contributed by atoms with E-state index in [0.717, 1.165) is 29.1 Å². The molecule has 0 saturated heterocycles. The summed E-state index contributed by atoms with van der Waals surface area (Å²) in [4.78, 5) is 15.2. The van der Waals surface area contributed by atoms with Crippen molar-refractivity contribution in [2.24, 2.45) is 7.05 Å². The highest BCUT2D eigenvalue weighted by Gasteiger charge is 2.18. The van der Waals surface area contributed by atoms with Crippen LogP contribution >= 0.6 is 11.8 Å². The summed E-state index contributed by atoms with van der Waals surface area (Å²) in [6, 6.07) is 13.2. The second kappa shape index (κ2) is 6.21. The van der Waals surface area contributed by atoms with Crippen LogP contribution in [0, 0.1) is 15.9 Å². The van der Waals surface area contributed by atoms with Gasteiger partial charge in [-0.25, -0.2) is 9.37 Å². The molecule has 0 aliphatic carbocycles. The van der Waals surface area contributed by atoms with Crippen molar-refractivity contribution >= 4 is 17.4 Å². The number of benzene rings is 2. The fourth-order valence-corrected chi connectivity index (χ4v) is 3.09. The summed E-state index contributed by atoms with van der Waals surface area (Å²) in [6.07, 6.45) is 1.72. The molecule has 0 amide bonds. The first-order valence-electron chi connectivity index (χ1n) is 6.75. The van der Waals surface area contributed by atoms with Gasteiger partial charge in [0.05, 0.1) is 27.8 Å². The first-order chi connectivity index (χ1) is 11.1.